The fraction of sp³-hybridized carbons (Fsp3) is 0.176. The first-order valence-corrected chi connectivity index (χ1v) is 12.5. The molecule has 0 amide bonds. The molecule has 4 aromatic carbocycles. The second-order valence-electron chi connectivity index (χ2n) is 10.2. The van der Waals surface area contributed by atoms with Gasteiger partial charge in [0.05, 0.1) is 0 Å². The Bertz CT molecular complexity index is 1500. The Labute approximate surface area is 212 Å². The second kappa shape index (κ2) is 8.27. The van der Waals surface area contributed by atoms with Crippen molar-refractivity contribution in [1.29, 1.82) is 0 Å². The molecule has 6 rings (SSSR count). The predicted molar refractivity (Wildman–Crippen MR) is 144 cm³/mol. The van der Waals surface area contributed by atoms with Crippen molar-refractivity contribution in [2.75, 3.05) is 0 Å². The van der Waals surface area contributed by atoms with Gasteiger partial charge >= 0.3 is 0 Å². The summed E-state index contributed by atoms with van der Waals surface area (Å²) in [7, 11) is 0. The average Bonchev–Trinajstić information content (AvgIpc) is 3.30. The number of ketones is 2. The highest BCUT2D eigenvalue weighted by Gasteiger charge is 2.45. The Morgan fingerprint density at radius 3 is 1.25 bits per heavy atom. The molecule has 0 saturated heterocycles. The Kier molecular flexibility index (Phi) is 5.15. The largest absolute Gasteiger partial charge is 0.289 e. The lowest BCUT2D eigenvalue weighted by Crippen LogP contribution is -2.15. The van der Waals surface area contributed by atoms with E-state index in [2.05, 4.69) is 64.1 Å². The maximum Gasteiger partial charge on any atom is 0.190 e. The van der Waals surface area contributed by atoms with Gasteiger partial charge in [-0.2, -0.15) is 0 Å². The molecule has 2 aliphatic carbocycles. The number of benzene rings is 4. The summed E-state index contributed by atoms with van der Waals surface area (Å²) in [6, 6.07) is 28.5. The smallest absolute Gasteiger partial charge is 0.190 e. The molecule has 0 spiro atoms. The summed E-state index contributed by atoms with van der Waals surface area (Å²) < 4.78 is 0. The van der Waals surface area contributed by atoms with Gasteiger partial charge in [0.15, 0.2) is 11.6 Å². The van der Waals surface area contributed by atoms with E-state index in [0.29, 0.717) is 22.3 Å². The minimum atomic E-state index is -0.268. The normalized spacial score (nSPS) is 20.6. The van der Waals surface area contributed by atoms with E-state index in [1.165, 1.54) is 11.1 Å². The lowest BCUT2D eigenvalue weighted by molar-refractivity contribution is 0.100. The molecule has 2 heteroatoms. The van der Waals surface area contributed by atoms with Crippen LogP contribution in [0, 0.1) is 27.7 Å². The van der Waals surface area contributed by atoms with E-state index in [4.69, 9.17) is 0 Å². The van der Waals surface area contributed by atoms with Gasteiger partial charge in [-0.25, -0.2) is 0 Å². The quantitative estimate of drug-likeness (QED) is 0.284. The first-order chi connectivity index (χ1) is 17.4. The number of rotatable bonds is 2. The van der Waals surface area contributed by atoms with Gasteiger partial charge in [0.1, 0.15) is 0 Å². The number of fused-ring (bicyclic) bond motifs is 2. The monoisotopic (exact) mass is 468 g/mol. The molecule has 36 heavy (non-hydrogen) atoms. The zero-order valence-corrected chi connectivity index (χ0v) is 21.1. The SMILES string of the molecule is Cc1ccc([C@H]2/C(=C3/C(=O)c4ccccc4[C@H]3c3ccc(C)cc3C)C(=O)c3ccccc32)c(C)c1. The molecule has 2 atom stereocenters. The summed E-state index contributed by atoms with van der Waals surface area (Å²) in [6.45, 7) is 8.36. The summed E-state index contributed by atoms with van der Waals surface area (Å²) in [5.41, 5.74) is 11.4. The van der Waals surface area contributed by atoms with Crippen LogP contribution in [0.5, 0.6) is 0 Å². The van der Waals surface area contributed by atoms with Crippen molar-refractivity contribution in [3.05, 3.63) is 152 Å². The molecule has 0 fully saturated rings. The molecule has 0 saturated carbocycles. The molecule has 4 aromatic rings. The van der Waals surface area contributed by atoms with E-state index in [1.807, 2.05) is 48.5 Å². The van der Waals surface area contributed by atoms with Crippen molar-refractivity contribution in [3.63, 3.8) is 0 Å². The lowest BCUT2D eigenvalue weighted by Gasteiger charge is -2.23. The molecule has 0 aromatic heterocycles. The Morgan fingerprint density at radius 2 is 0.861 bits per heavy atom. The minimum absolute atomic E-state index is 0.0264. The van der Waals surface area contributed by atoms with Gasteiger partial charge in [-0.1, -0.05) is 96.1 Å². The van der Waals surface area contributed by atoms with Crippen molar-refractivity contribution < 1.29 is 9.59 Å². The number of carbonyl (C=O) groups excluding carboxylic acids is 2. The van der Waals surface area contributed by atoms with Crippen LogP contribution in [0.2, 0.25) is 0 Å². The van der Waals surface area contributed by atoms with E-state index < -0.39 is 0 Å². The molecule has 2 nitrogen and oxygen atoms in total. The van der Waals surface area contributed by atoms with Gasteiger partial charge in [0.25, 0.3) is 0 Å². The zero-order valence-electron chi connectivity index (χ0n) is 21.1. The van der Waals surface area contributed by atoms with Crippen LogP contribution < -0.4 is 0 Å². The topological polar surface area (TPSA) is 34.1 Å². The van der Waals surface area contributed by atoms with Gasteiger partial charge in [-0.05, 0) is 61.1 Å². The van der Waals surface area contributed by atoms with Crippen molar-refractivity contribution in [1.82, 2.24) is 0 Å². The van der Waals surface area contributed by atoms with Crippen LogP contribution in [0.1, 0.15) is 77.1 Å². The predicted octanol–water partition coefficient (Wildman–Crippen LogP) is 7.57. The number of hydrogen-bond acceptors (Lipinski definition) is 2. The van der Waals surface area contributed by atoms with Gasteiger partial charge in [0.2, 0.25) is 0 Å². The molecule has 0 unspecified atom stereocenters. The number of carbonyl (C=O) groups is 2. The standard InChI is InChI=1S/C34H28O2/c1-19-13-15-23(21(3)17-19)29-25-9-5-7-11-27(25)33(35)31(29)32-30(24-16-14-20(2)18-22(24)4)26-10-6-8-12-28(26)34(32)36/h5-18,29-30H,1-4H3/b32-31-/t29-,30-/m1/s1. The third-order valence-corrected chi connectivity index (χ3v) is 7.86. The summed E-state index contributed by atoms with van der Waals surface area (Å²) in [6.07, 6.45) is 0. The van der Waals surface area contributed by atoms with E-state index >= 15 is 0 Å². The van der Waals surface area contributed by atoms with Crippen LogP contribution in [0.3, 0.4) is 0 Å². The number of allylic oxidation sites excluding steroid dienone is 2. The Morgan fingerprint density at radius 1 is 0.472 bits per heavy atom. The summed E-state index contributed by atoms with van der Waals surface area (Å²) in [5, 5.41) is 0. The van der Waals surface area contributed by atoms with Crippen LogP contribution in [0.25, 0.3) is 0 Å². The van der Waals surface area contributed by atoms with E-state index in [0.717, 1.165) is 33.4 Å². The molecule has 0 aliphatic heterocycles. The molecular formula is C34H28O2. The summed E-state index contributed by atoms with van der Waals surface area (Å²) in [4.78, 5) is 28.3. The lowest BCUT2D eigenvalue weighted by atomic mass is 9.79. The van der Waals surface area contributed by atoms with Gasteiger partial charge in [-0.15, -0.1) is 0 Å². The van der Waals surface area contributed by atoms with Crippen LogP contribution in [0.4, 0.5) is 0 Å². The van der Waals surface area contributed by atoms with Crippen molar-refractivity contribution in [2.45, 2.75) is 39.5 Å². The molecule has 0 heterocycles. The van der Waals surface area contributed by atoms with Gasteiger partial charge in [0, 0.05) is 34.1 Å². The maximum absolute atomic E-state index is 14.1. The third kappa shape index (κ3) is 3.25. The molecule has 176 valence electrons. The second-order valence-corrected chi connectivity index (χ2v) is 10.2. The first-order valence-electron chi connectivity index (χ1n) is 12.5. The van der Waals surface area contributed by atoms with Crippen molar-refractivity contribution >= 4 is 11.6 Å². The molecule has 2 aliphatic rings. The minimum Gasteiger partial charge on any atom is -0.289 e. The third-order valence-electron chi connectivity index (χ3n) is 7.86. The highest BCUT2D eigenvalue weighted by molar-refractivity contribution is 6.24. The highest BCUT2D eigenvalue weighted by atomic mass is 16.1. The molecule has 0 bridgehead atoms. The first kappa shape index (κ1) is 22.4. The van der Waals surface area contributed by atoms with Crippen LogP contribution in [0.15, 0.2) is 96.1 Å². The molecule has 0 radical (unpaired) electrons. The number of Topliss-reactive ketones (excluding diaryl/α,β-unsaturated/α-hetero) is 2. The Balaban J connectivity index is 1.70. The molecular weight excluding hydrogens is 440 g/mol. The van der Waals surface area contributed by atoms with Crippen LogP contribution >= 0.6 is 0 Å². The average molecular weight is 469 g/mol. The van der Waals surface area contributed by atoms with E-state index in [1.54, 1.807) is 0 Å². The number of hydrogen-bond donors (Lipinski definition) is 0. The fourth-order valence-electron chi connectivity index (χ4n) is 6.28. The van der Waals surface area contributed by atoms with Gasteiger partial charge < -0.3 is 0 Å². The van der Waals surface area contributed by atoms with Crippen molar-refractivity contribution in [2.24, 2.45) is 0 Å². The fourth-order valence-corrected chi connectivity index (χ4v) is 6.28. The molecule has 0 N–H and O–H groups in total. The van der Waals surface area contributed by atoms with Gasteiger partial charge in [-0.3, -0.25) is 9.59 Å². The maximum atomic E-state index is 14.1. The van der Waals surface area contributed by atoms with E-state index in [9.17, 15) is 9.59 Å². The van der Waals surface area contributed by atoms with Crippen LogP contribution in [-0.2, 0) is 0 Å². The number of aryl methyl sites for hydroxylation is 4. The summed E-state index contributed by atoms with van der Waals surface area (Å²) in [5.74, 6) is -0.588. The van der Waals surface area contributed by atoms with Crippen molar-refractivity contribution in [3.8, 4) is 0 Å². The summed E-state index contributed by atoms with van der Waals surface area (Å²) >= 11 is 0. The van der Waals surface area contributed by atoms with E-state index in [-0.39, 0.29) is 23.4 Å². The highest BCUT2D eigenvalue weighted by Crippen LogP contribution is 2.52. The van der Waals surface area contributed by atoms with Crippen LogP contribution in [-0.4, -0.2) is 11.6 Å². The Hall–Kier alpha value is -4.04. The zero-order chi connectivity index (χ0) is 25.1.